The minimum Gasteiger partial charge on any atom is -0.381 e. The van der Waals surface area contributed by atoms with Crippen LogP contribution in [0.15, 0.2) is 42.5 Å². The van der Waals surface area contributed by atoms with Crippen molar-refractivity contribution < 1.29 is 9.53 Å². The first-order valence-corrected chi connectivity index (χ1v) is 8.48. The zero-order valence-electron chi connectivity index (χ0n) is 13.6. The summed E-state index contributed by atoms with van der Waals surface area (Å²) in [5, 5.41) is 15.5. The maximum atomic E-state index is 12.1. The predicted molar refractivity (Wildman–Crippen MR) is 97.5 cm³/mol. The van der Waals surface area contributed by atoms with Crippen LogP contribution in [0.5, 0.6) is 0 Å². The number of rotatable bonds is 5. The first-order valence-electron chi connectivity index (χ1n) is 8.10. The fourth-order valence-corrected chi connectivity index (χ4v) is 2.91. The molecule has 0 spiro atoms. The Morgan fingerprint density at radius 2 is 2.16 bits per heavy atom. The number of anilines is 2. The summed E-state index contributed by atoms with van der Waals surface area (Å²) in [7, 11) is 0. The molecule has 25 heavy (non-hydrogen) atoms. The van der Waals surface area contributed by atoms with Crippen LogP contribution >= 0.6 is 11.6 Å². The normalized spacial score (nSPS) is 16.2. The van der Waals surface area contributed by atoms with Crippen molar-refractivity contribution in [2.75, 3.05) is 17.2 Å². The van der Waals surface area contributed by atoms with Gasteiger partial charge in [-0.25, -0.2) is 0 Å². The lowest BCUT2D eigenvalue weighted by Crippen LogP contribution is -2.26. The van der Waals surface area contributed by atoms with E-state index < -0.39 is 0 Å². The number of amides is 1. The number of nitrogens with zero attached hydrogens (tertiary/aromatic N) is 1. The van der Waals surface area contributed by atoms with E-state index >= 15 is 0 Å². The molecule has 1 aliphatic heterocycles. The standard InChI is InChI=1S/C19H18ClN3O2/c20-17-10-15(7-6-14(17)11-21)22-12-13-3-1-4-16(9-13)23-19(24)18-5-2-8-25-18/h1,3-4,6-7,9-10,18,22H,2,5,8,12H2,(H,23,24). The molecule has 1 saturated heterocycles. The average Bonchev–Trinajstić information content (AvgIpc) is 3.15. The Bertz CT molecular complexity index is 811. The number of hydrogen-bond donors (Lipinski definition) is 2. The number of nitrogens with one attached hydrogen (secondary N) is 2. The maximum absolute atomic E-state index is 12.1. The van der Waals surface area contributed by atoms with Crippen LogP contribution in [-0.4, -0.2) is 18.6 Å². The van der Waals surface area contributed by atoms with E-state index in [9.17, 15) is 4.79 Å². The molecule has 2 aromatic rings. The fraction of sp³-hybridized carbons (Fsp3) is 0.263. The summed E-state index contributed by atoms with van der Waals surface area (Å²) in [6.45, 7) is 1.22. The molecule has 0 bridgehead atoms. The number of benzene rings is 2. The van der Waals surface area contributed by atoms with Gasteiger partial charge in [-0.2, -0.15) is 5.26 Å². The van der Waals surface area contributed by atoms with Gasteiger partial charge in [-0.1, -0.05) is 23.7 Å². The fourth-order valence-electron chi connectivity index (χ4n) is 2.69. The molecule has 3 rings (SSSR count). The lowest BCUT2D eigenvalue weighted by atomic mass is 10.1. The molecule has 0 saturated carbocycles. The molecule has 1 amide bonds. The van der Waals surface area contributed by atoms with Crippen LogP contribution in [0.4, 0.5) is 11.4 Å². The Hall–Kier alpha value is -2.55. The van der Waals surface area contributed by atoms with Gasteiger partial charge in [0.2, 0.25) is 0 Å². The molecular weight excluding hydrogens is 338 g/mol. The van der Waals surface area contributed by atoms with Crippen LogP contribution in [0, 0.1) is 11.3 Å². The van der Waals surface area contributed by atoms with E-state index in [1.807, 2.05) is 36.4 Å². The third kappa shape index (κ3) is 4.50. The lowest BCUT2D eigenvalue weighted by Gasteiger charge is -2.12. The van der Waals surface area contributed by atoms with Gasteiger partial charge >= 0.3 is 0 Å². The van der Waals surface area contributed by atoms with E-state index in [0.29, 0.717) is 23.7 Å². The van der Waals surface area contributed by atoms with Crippen molar-refractivity contribution in [2.24, 2.45) is 0 Å². The SMILES string of the molecule is N#Cc1ccc(NCc2cccc(NC(=O)C3CCCO3)c2)cc1Cl. The smallest absolute Gasteiger partial charge is 0.253 e. The van der Waals surface area contributed by atoms with Crippen molar-refractivity contribution in [1.82, 2.24) is 0 Å². The Kier molecular flexibility index (Phi) is 5.54. The van der Waals surface area contributed by atoms with Crippen molar-refractivity contribution in [3.8, 4) is 6.07 Å². The Morgan fingerprint density at radius 1 is 1.28 bits per heavy atom. The van der Waals surface area contributed by atoms with Crippen LogP contribution in [0.1, 0.15) is 24.0 Å². The molecule has 2 N–H and O–H groups in total. The van der Waals surface area contributed by atoms with Crippen LogP contribution in [0.3, 0.4) is 0 Å². The third-order valence-electron chi connectivity index (χ3n) is 4.00. The number of halogens is 1. The van der Waals surface area contributed by atoms with Gasteiger partial charge in [-0.3, -0.25) is 4.79 Å². The van der Waals surface area contributed by atoms with Crippen molar-refractivity contribution >= 4 is 28.9 Å². The largest absolute Gasteiger partial charge is 0.381 e. The summed E-state index contributed by atoms with van der Waals surface area (Å²) in [6.07, 6.45) is 1.35. The first kappa shape index (κ1) is 17.3. The van der Waals surface area contributed by atoms with E-state index in [1.165, 1.54) is 0 Å². The van der Waals surface area contributed by atoms with Gasteiger partial charge in [-0.05, 0) is 48.7 Å². The van der Waals surface area contributed by atoms with Gasteiger partial charge in [0.1, 0.15) is 12.2 Å². The lowest BCUT2D eigenvalue weighted by molar-refractivity contribution is -0.124. The quantitative estimate of drug-likeness (QED) is 0.851. The van der Waals surface area contributed by atoms with E-state index in [4.69, 9.17) is 21.6 Å². The Balaban J connectivity index is 1.60. The summed E-state index contributed by atoms with van der Waals surface area (Å²) in [5.41, 5.74) is 3.05. The summed E-state index contributed by atoms with van der Waals surface area (Å²) < 4.78 is 5.39. The van der Waals surface area contributed by atoms with Crippen molar-refractivity contribution in [3.05, 3.63) is 58.6 Å². The number of carbonyl (C=O) groups excluding carboxylic acids is 1. The van der Waals surface area contributed by atoms with Crippen LogP contribution in [0.25, 0.3) is 0 Å². The average molecular weight is 356 g/mol. The number of nitriles is 1. The number of carbonyl (C=O) groups is 1. The number of ether oxygens (including phenoxy) is 1. The second-order valence-electron chi connectivity index (χ2n) is 5.85. The van der Waals surface area contributed by atoms with Gasteiger partial charge < -0.3 is 15.4 Å². The van der Waals surface area contributed by atoms with Crippen molar-refractivity contribution in [1.29, 1.82) is 5.26 Å². The zero-order chi connectivity index (χ0) is 17.6. The minimum atomic E-state index is -0.345. The van der Waals surface area contributed by atoms with E-state index in [0.717, 1.165) is 29.8 Å². The highest BCUT2D eigenvalue weighted by Gasteiger charge is 2.23. The van der Waals surface area contributed by atoms with Gasteiger partial charge in [0, 0.05) is 24.5 Å². The molecule has 6 heteroatoms. The van der Waals surface area contributed by atoms with E-state index in [2.05, 4.69) is 10.6 Å². The maximum Gasteiger partial charge on any atom is 0.253 e. The Labute approximate surface area is 151 Å². The van der Waals surface area contributed by atoms with Crippen molar-refractivity contribution in [3.63, 3.8) is 0 Å². The van der Waals surface area contributed by atoms with Gasteiger partial charge in [-0.15, -0.1) is 0 Å². The molecule has 0 radical (unpaired) electrons. The van der Waals surface area contributed by atoms with E-state index in [1.54, 1.807) is 12.1 Å². The van der Waals surface area contributed by atoms with Gasteiger partial charge in [0.05, 0.1) is 10.6 Å². The summed E-state index contributed by atoms with van der Waals surface area (Å²) in [4.78, 5) is 12.1. The molecule has 128 valence electrons. The monoisotopic (exact) mass is 355 g/mol. The second kappa shape index (κ2) is 8.02. The molecule has 1 heterocycles. The summed E-state index contributed by atoms with van der Waals surface area (Å²) in [6, 6.07) is 14.9. The molecule has 2 aromatic carbocycles. The zero-order valence-corrected chi connectivity index (χ0v) is 14.3. The number of hydrogen-bond acceptors (Lipinski definition) is 4. The van der Waals surface area contributed by atoms with Crippen LogP contribution in [0.2, 0.25) is 5.02 Å². The van der Waals surface area contributed by atoms with Crippen molar-refractivity contribution in [2.45, 2.75) is 25.5 Å². The van der Waals surface area contributed by atoms with Gasteiger partial charge in [0.25, 0.3) is 5.91 Å². The van der Waals surface area contributed by atoms with Crippen LogP contribution < -0.4 is 10.6 Å². The first-order chi connectivity index (χ1) is 12.2. The predicted octanol–water partition coefficient (Wildman–Crippen LogP) is 3.94. The molecule has 5 nitrogen and oxygen atoms in total. The highest BCUT2D eigenvalue weighted by atomic mass is 35.5. The Morgan fingerprint density at radius 3 is 2.88 bits per heavy atom. The summed E-state index contributed by atoms with van der Waals surface area (Å²) >= 11 is 6.03. The molecule has 1 aliphatic rings. The molecule has 0 aromatic heterocycles. The molecular formula is C19H18ClN3O2. The minimum absolute atomic E-state index is 0.0958. The molecule has 0 aliphatic carbocycles. The van der Waals surface area contributed by atoms with Crippen LogP contribution in [-0.2, 0) is 16.1 Å². The molecule has 1 unspecified atom stereocenters. The second-order valence-corrected chi connectivity index (χ2v) is 6.26. The highest BCUT2D eigenvalue weighted by molar-refractivity contribution is 6.32. The molecule has 1 atom stereocenters. The molecule has 1 fully saturated rings. The highest BCUT2D eigenvalue weighted by Crippen LogP contribution is 2.21. The third-order valence-corrected chi connectivity index (χ3v) is 4.32. The van der Waals surface area contributed by atoms with Gasteiger partial charge in [0.15, 0.2) is 0 Å². The van der Waals surface area contributed by atoms with E-state index in [-0.39, 0.29) is 12.0 Å². The summed E-state index contributed by atoms with van der Waals surface area (Å²) in [5.74, 6) is -0.0958. The topological polar surface area (TPSA) is 74.2 Å².